The van der Waals surface area contributed by atoms with E-state index in [9.17, 15) is 4.79 Å². The average molecular weight is 341 g/mol. The van der Waals surface area contributed by atoms with Crippen molar-refractivity contribution in [3.63, 3.8) is 0 Å². The van der Waals surface area contributed by atoms with Crippen LogP contribution in [0.25, 0.3) is 11.0 Å². The van der Waals surface area contributed by atoms with Gasteiger partial charge in [-0.15, -0.1) is 0 Å². The van der Waals surface area contributed by atoms with Crippen LogP contribution >= 0.6 is 11.7 Å². The summed E-state index contributed by atoms with van der Waals surface area (Å²) in [6.07, 6.45) is 0. The number of hydrogen-bond donors (Lipinski definition) is 1. The van der Waals surface area contributed by atoms with Crippen molar-refractivity contribution in [2.75, 3.05) is 11.9 Å². The monoisotopic (exact) mass is 341 g/mol. The van der Waals surface area contributed by atoms with E-state index < -0.39 is 0 Å². The number of nitrogens with zero attached hydrogens (tertiary/aromatic N) is 2. The number of hydrogen-bond acceptors (Lipinski definition) is 5. The molecular weight excluding hydrogens is 322 g/mol. The Bertz CT molecular complexity index is 856. The van der Waals surface area contributed by atoms with Crippen molar-refractivity contribution in [2.24, 2.45) is 0 Å². The van der Waals surface area contributed by atoms with Gasteiger partial charge >= 0.3 is 0 Å². The molecule has 0 bridgehead atoms. The molecule has 0 saturated heterocycles. The molecule has 0 fully saturated rings. The van der Waals surface area contributed by atoms with E-state index >= 15 is 0 Å². The maximum absolute atomic E-state index is 12.2. The number of aromatic nitrogens is 2. The number of amides is 1. The summed E-state index contributed by atoms with van der Waals surface area (Å²) in [5.41, 5.74) is 4.39. The Morgan fingerprint density at radius 1 is 1.17 bits per heavy atom. The smallest absolute Gasteiger partial charge is 0.262 e. The van der Waals surface area contributed by atoms with Gasteiger partial charge in [-0.25, -0.2) is 0 Å². The Kier molecular flexibility index (Phi) is 4.76. The van der Waals surface area contributed by atoms with E-state index in [2.05, 4.69) is 27.9 Å². The van der Waals surface area contributed by atoms with Crippen LogP contribution in [0, 0.1) is 6.92 Å². The standard InChI is InChI=1S/C18H19N3O2S/c1-11(2)13-5-7-14(8-6-13)23-10-16(22)19-17-12(3)4-9-15-18(17)21-24-20-15/h4-9,11H,10H2,1-3H3,(H,19,22). The molecule has 5 nitrogen and oxygen atoms in total. The summed E-state index contributed by atoms with van der Waals surface area (Å²) in [7, 11) is 0. The molecule has 3 rings (SSSR count). The molecule has 2 aromatic carbocycles. The summed E-state index contributed by atoms with van der Waals surface area (Å²) in [5.74, 6) is 0.934. The molecule has 1 N–H and O–H groups in total. The van der Waals surface area contributed by atoms with Crippen LogP contribution in [-0.4, -0.2) is 21.3 Å². The van der Waals surface area contributed by atoms with Crippen LogP contribution < -0.4 is 10.1 Å². The maximum atomic E-state index is 12.2. The van der Waals surface area contributed by atoms with Crippen LogP contribution in [-0.2, 0) is 4.79 Å². The lowest BCUT2D eigenvalue weighted by Crippen LogP contribution is -2.20. The number of benzene rings is 2. The van der Waals surface area contributed by atoms with Crippen LogP contribution in [0.2, 0.25) is 0 Å². The van der Waals surface area contributed by atoms with Gasteiger partial charge in [0, 0.05) is 0 Å². The minimum Gasteiger partial charge on any atom is -0.484 e. The topological polar surface area (TPSA) is 64.1 Å². The lowest BCUT2D eigenvalue weighted by molar-refractivity contribution is -0.118. The third kappa shape index (κ3) is 3.54. The summed E-state index contributed by atoms with van der Waals surface area (Å²) < 4.78 is 14.0. The fraction of sp³-hybridized carbons (Fsp3) is 0.278. The van der Waals surface area contributed by atoms with Gasteiger partial charge in [0.25, 0.3) is 5.91 Å². The summed E-state index contributed by atoms with van der Waals surface area (Å²) in [6, 6.07) is 11.6. The van der Waals surface area contributed by atoms with E-state index in [1.54, 1.807) is 0 Å². The zero-order chi connectivity index (χ0) is 17.1. The molecule has 1 heterocycles. The van der Waals surface area contributed by atoms with Crippen molar-refractivity contribution in [1.82, 2.24) is 8.75 Å². The summed E-state index contributed by atoms with van der Waals surface area (Å²) in [6.45, 7) is 6.16. The highest BCUT2D eigenvalue weighted by Gasteiger charge is 2.12. The average Bonchev–Trinajstić information content (AvgIpc) is 3.05. The number of anilines is 1. The van der Waals surface area contributed by atoms with Crippen LogP contribution in [0.1, 0.15) is 30.9 Å². The third-order valence-electron chi connectivity index (χ3n) is 3.82. The molecular formula is C18H19N3O2S. The number of nitrogens with one attached hydrogen (secondary N) is 1. The van der Waals surface area contributed by atoms with Gasteiger partial charge in [-0.1, -0.05) is 32.0 Å². The van der Waals surface area contributed by atoms with Gasteiger partial charge in [0.2, 0.25) is 0 Å². The van der Waals surface area contributed by atoms with E-state index in [1.807, 2.05) is 43.3 Å². The molecule has 0 atom stereocenters. The van der Waals surface area contributed by atoms with Crippen LogP contribution in [0.5, 0.6) is 5.75 Å². The van der Waals surface area contributed by atoms with E-state index in [-0.39, 0.29) is 12.5 Å². The molecule has 0 radical (unpaired) electrons. The molecule has 0 spiro atoms. The van der Waals surface area contributed by atoms with Crippen molar-refractivity contribution in [2.45, 2.75) is 26.7 Å². The second-order valence-electron chi connectivity index (χ2n) is 5.95. The van der Waals surface area contributed by atoms with Crippen LogP contribution in [0.3, 0.4) is 0 Å². The SMILES string of the molecule is Cc1ccc2nsnc2c1NC(=O)COc1ccc(C(C)C)cc1. The first kappa shape index (κ1) is 16.4. The molecule has 24 heavy (non-hydrogen) atoms. The fourth-order valence-electron chi connectivity index (χ4n) is 2.38. The predicted molar refractivity (Wildman–Crippen MR) is 96.8 cm³/mol. The molecule has 0 aliphatic heterocycles. The lowest BCUT2D eigenvalue weighted by atomic mass is 10.0. The van der Waals surface area contributed by atoms with Crippen LogP contribution in [0.15, 0.2) is 36.4 Å². The molecule has 3 aromatic rings. The van der Waals surface area contributed by atoms with Gasteiger partial charge in [-0.3, -0.25) is 4.79 Å². The number of rotatable bonds is 5. The molecule has 0 aliphatic rings. The van der Waals surface area contributed by atoms with Gasteiger partial charge in [-0.05, 0) is 42.2 Å². The Labute approximate surface area is 145 Å². The van der Waals surface area contributed by atoms with E-state index in [0.717, 1.165) is 28.3 Å². The normalized spacial score (nSPS) is 11.0. The highest BCUT2D eigenvalue weighted by molar-refractivity contribution is 7.00. The van der Waals surface area contributed by atoms with Gasteiger partial charge in [-0.2, -0.15) is 8.75 Å². The third-order valence-corrected chi connectivity index (χ3v) is 4.36. The number of fused-ring (bicyclic) bond motifs is 1. The summed E-state index contributed by atoms with van der Waals surface area (Å²) >= 11 is 1.13. The fourth-order valence-corrected chi connectivity index (χ4v) is 2.93. The molecule has 1 aromatic heterocycles. The van der Waals surface area contributed by atoms with E-state index in [4.69, 9.17) is 4.74 Å². The van der Waals surface area contributed by atoms with Crippen molar-refractivity contribution in [3.05, 3.63) is 47.5 Å². The number of ether oxygens (including phenoxy) is 1. The largest absolute Gasteiger partial charge is 0.484 e. The Balaban J connectivity index is 1.65. The quantitative estimate of drug-likeness (QED) is 0.757. The van der Waals surface area contributed by atoms with Crippen molar-refractivity contribution in [1.29, 1.82) is 0 Å². The zero-order valence-electron chi connectivity index (χ0n) is 13.9. The number of carbonyl (C=O) groups is 1. The Morgan fingerprint density at radius 2 is 1.92 bits per heavy atom. The molecule has 0 unspecified atom stereocenters. The highest BCUT2D eigenvalue weighted by Crippen LogP contribution is 2.25. The second kappa shape index (κ2) is 6.97. The summed E-state index contributed by atoms with van der Waals surface area (Å²) in [4.78, 5) is 12.2. The number of carbonyl (C=O) groups excluding carboxylic acids is 1. The van der Waals surface area contributed by atoms with Crippen molar-refractivity contribution >= 4 is 34.4 Å². The van der Waals surface area contributed by atoms with E-state index in [1.165, 1.54) is 5.56 Å². The number of aryl methyl sites for hydroxylation is 1. The zero-order valence-corrected chi connectivity index (χ0v) is 14.7. The lowest BCUT2D eigenvalue weighted by Gasteiger charge is -2.11. The molecule has 1 amide bonds. The first-order valence-electron chi connectivity index (χ1n) is 7.79. The van der Waals surface area contributed by atoms with Crippen LogP contribution in [0.4, 0.5) is 5.69 Å². The molecule has 0 saturated carbocycles. The van der Waals surface area contributed by atoms with Gasteiger partial charge in [0.15, 0.2) is 6.61 Å². The molecule has 0 aliphatic carbocycles. The first-order chi connectivity index (χ1) is 11.5. The molecule has 124 valence electrons. The summed E-state index contributed by atoms with van der Waals surface area (Å²) in [5, 5.41) is 2.88. The van der Waals surface area contributed by atoms with Gasteiger partial charge < -0.3 is 10.1 Å². The van der Waals surface area contributed by atoms with Gasteiger partial charge in [0.1, 0.15) is 16.8 Å². The second-order valence-corrected chi connectivity index (χ2v) is 6.48. The first-order valence-corrected chi connectivity index (χ1v) is 8.52. The minimum atomic E-state index is -0.216. The maximum Gasteiger partial charge on any atom is 0.262 e. The Morgan fingerprint density at radius 3 is 2.62 bits per heavy atom. The highest BCUT2D eigenvalue weighted by atomic mass is 32.1. The minimum absolute atomic E-state index is 0.0472. The predicted octanol–water partition coefficient (Wildman–Crippen LogP) is 4.14. The van der Waals surface area contributed by atoms with Gasteiger partial charge in [0.05, 0.1) is 17.4 Å². The molecule has 6 heteroatoms. The van der Waals surface area contributed by atoms with E-state index in [0.29, 0.717) is 17.4 Å². The van der Waals surface area contributed by atoms with Crippen molar-refractivity contribution < 1.29 is 9.53 Å². The Hall–Kier alpha value is -2.47. The van der Waals surface area contributed by atoms with Crippen molar-refractivity contribution in [3.8, 4) is 5.75 Å².